The van der Waals surface area contributed by atoms with Crippen molar-refractivity contribution in [3.63, 3.8) is 0 Å². The second kappa shape index (κ2) is 10.5. The van der Waals surface area contributed by atoms with Gasteiger partial charge in [0.15, 0.2) is 0 Å². The summed E-state index contributed by atoms with van der Waals surface area (Å²) in [4.78, 5) is 2.35. The minimum atomic E-state index is -4.73. The number of piperidine rings is 1. The van der Waals surface area contributed by atoms with Crippen LogP contribution in [0, 0.1) is 6.92 Å². The van der Waals surface area contributed by atoms with Gasteiger partial charge in [-0.1, -0.05) is 30.3 Å². The van der Waals surface area contributed by atoms with Crippen LogP contribution in [0.1, 0.15) is 29.7 Å². The number of likely N-dealkylation sites (tertiary alicyclic amines) is 1. The van der Waals surface area contributed by atoms with Crippen molar-refractivity contribution in [1.82, 2.24) is 24.7 Å². The molecule has 12 heteroatoms. The zero-order chi connectivity index (χ0) is 26.9. The van der Waals surface area contributed by atoms with Gasteiger partial charge in [0.25, 0.3) is 0 Å². The molecule has 2 aromatic heterocycles. The molecule has 1 saturated heterocycles. The van der Waals surface area contributed by atoms with E-state index < -0.39 is 24.1 Å². The second-order valence-electron chi connectivity index (χ2n) is 9.25. The zero-order valence-corrected chi connectivity index (χ0v) is 20.4. The lowest BCUT2D eigenvalue weighted by Gasteiger charge is -2.33. The minimum Gasteiger partial charge on any atom is -0.434 e. The number of nitrogens with one attached hydrogen (secondary N) is 1. The molecule has 0 spiro atoms. The largest absolute Gasteiger partial charge is 0.434 e. The van der Waals surface area contributed by atoms with Crippen molar-refractivity contribution in [2.75, 3.05) is 18.4 Å². The van der Waals surface area contributed by atoms with Gasteiger partial charge in [0.1, 0.15) is 11.4 Å². The van der Waals surface area contributed by atoms with E-state index in [9.17, 15) is 22.0 Å². The van der Waals surface area contributed by atoms with E-state index in [1.807, 2.05) is 18.2 Å². The van der Waals surface area contributed by atoms with Crippen LogP contribution < -0.4 is 10.1 Å². The molecule has 38 heavy (non-hydrogen) atoms. The summed E-state index contributed by atoms with van der Waals surface area (Å²) >= 11 is 0. The number of hydrogen-bond acceptors (Lipinski definition) is 6. The molecule has 3 heterocycles. The molecule has 7 nitrogen and oxygen atoms in total. The Morgan fingerprint density at radius 3 is 2.61 bits per heavy atom. The lowest BCUT2D eigenvalue weighted by atomic mass is 10.0. The first-order valence-corrected chi connectivity index (χ1v) is 12.1. The Morgan fingerprint density at radius 2 is 1.87 bits per heavy atom. The lowest BCUT2D eigenvalue weighted by Crippen LogP contribution is -2.42. The van der Waals surface area contributed by atoms with Crippen molar-refractivity contribution in [3.05, 3.63) is 71.4 Å². The first kappa shape index (κ1) is 25.8. The molecular weight excluding hydrogens is 507 g/mol. The fraction of sp³-hybridized carbons (Fsp3) is 0.346. The molecule has 1 N–H and O–H groups in total. The van der Waals surface area contributed by atoms with Gasteiger partial charge >= 0.3 is 12.8 Å². The normalized spacial score (nSPS) is 16.8. The molecule has 1 atom stereocenters. The van der Waals surface area contributed by atoms with Gasteiger partial charge in [0, 0.05) is 24.7 Å². The Balaban J connectivity index is 1.44. The van der Waals surface area contributed by atoms with E-state index >= 15 is 0 Å². The highest BCUT2D eigenvalue weighted by atomic mass is 19.4. The predicted octanol–water partition coefficient (Wildman–Crippen LogP) is 5.80. The van der Waals surface area contributed by atoms with Crippen molar-refractivity contribution in [2.24, 2.45) is 0 Å². The molecule has 2 aromatic carbocycles. The standard InChI is InChI=1S/C26H25F5N6O/c1-16-12-21-23(20-10-9-18(26(29,30)31)13-22(20)38-24(27)28)33-34-25(37(21)35-16)32-19-8-5-11-36(15-19)14-17-6-3-2-4-7-17/h2-4,6-7,9-10,12-13,19,24H,5,8,11,14-15H2,1H3,(H,32,34)/t19-/m1/s1. The van der Waals surface area contributed by atoms with Crippen molar-refractivity contribution in [1.29, 1.82) is 0 Å². The Hall–Kier alpha value is -3.80. The fourth-order valence-electron chi connectivity index (χ4n) is 4.73. The Morgan fingerprint density at radius 1 is 1.08 bits per heavy atom. The summed E-state index contributed by atoms with van der Waals surface area (Å²) in [6.07, 6.45) is -2.84. The Kier molecular flexibility index (Phi) is 7.15. The highest BCUT2D eigenvalue weighted by Gasteiger charge is 2.32. The van der Waals surface area contributed by atoms with Crippen LogP contribution in [0.15, 0.2) is 54.6 Å². The molecule has 0 amide bonds. The highest BCUT2D eigenvalue weighted by molar-refractivity contribution is 5.81. The summed E-state index contributed by atoms with van der Waals surface area (Å²) < 4.78 is 71.8. The lowest BCUT2D eigenvalue weighted by molar-refractivity contribution is -0.138. The van der Waals surface area contributed by atoms with E-state index in [0.29, 0.717) is 23.2 Å². The Bertz CT molecular complexity index is 1410. The molecule has 200 valence electrons. The number of aromatic nitrogens is 4. The van der Waals surface area contributed by atoms with E-state index in [4.69, 9.17) is 0 Å². The quantitative estimate of drug-likeness (QED) is 0.304. The first-order chi connectivity index (χ1) is 18.2. The van der Waals surface area contributed by atoms with Crippen molar-refractivity contribution in [3.8, 4) is 17.0 Å². The SMILES string of the molecule is Cc1cc2c(-c3ccc(C(F)(F)F)cc3OC(F)F)nnc(N[C@@H]3CCCN(Cc4ccccc4)C3)n2n1. The van der Waals surface area contributed by atoms with Crippen LogP contribution in [0.2, 0.25) is 0 Å². The van der Waals surface area contributed by atoms with Gasteiger partial charge in [-0.25, -0.2) is 0 Å². The smallest absolute Gasteiger partial charge is 0.416 e. The van der Waals surface area contributed by atoms with E-state index in [1.165, 1.54) is 10.1 Å². The van der Waals surface area contributed by atoms with E-state index in [2.05, 4.69) is 42.4 Å². The molecular formula is C26H25F5N6O. The number of aryl methyl sites for hydroxylation is 1. The molecule has 0 unspecified atom stereocenters. The second-order valence-corrected chi connectivity index (χ2v) is 9.25. The maximum atomic E-state index is 13.2. The third-order valence-corrected chi connectivity index (χ3v) is 6.39. The first-order valence-electron chi connectivity index (χ1n) is 12.1. The number of hydrogen-bond donors (Lipinski definition) is 1. The van der Waals surface area contributed by atoms with Gasteiger partial charge in [-0.15, -0.1) is 10.2 Å². The van der Waals surface area contributed by atoms with Crippen LogP contribution in [0.25, 0.3) is 16.8 Å². The fourth-order valence-corrected chi connectivity index (χ4v) is 4.73. The van der Waals surface area contributed by atoms with Crippen molar-refractivity contribution < 1.29 is 26.7 Å². The molecule has 0 bridgehead atoms. The monoisotopic (exact) mass is 532 g/mol. The van der Waals surface area contributed by atoms with Crippen LogP contribution in [0.5, 0.6) is 5.75 Å². The summed E-state index contributed by atoms with van der Waals surface area (Å²) in [5.41, 5.74) is 1.14. The molecule has 0 aliphatic carbocycles. The maximum absolute atomic E-state index is 13.2. The third kappa shape index (κ3) is 5.69. The van der Waals surface area contributed by atoms with Gasteiger partial charge in [-0.05, 0) is 56.1 Å². The third-order valence-electron chi connectivity index (χ3n) is 6.39. The average molecular weight is 533 g/mol. The van der Waals surface area contributed by atoms with Crippen LogP contribution in [-0.2, 0) is 12.7 Å². The van der Waals surface area contributed by atoms with Crippen LogP contribution in [0.3, 0.4) is 0 Å². The van der Waals surface area contributed by atoms with Gasteiger partial charge in [0.05, 0.1) is 16.8 Å². The molecule has 1 aliphatic rings. The topological polar surface area (TPSA) is 67.6 Å². The van der Waals surface area contributed by atoms with Crippen molar-refractivity contribution >= 4 is 11.5 Å². The highest BCUT2D eigenvalue weighted by Crippen LogP contribution is 2.38. The number of alkyl halides is 5. The number of benzene rings is 2. The number of nitrogens with zero attached hydrogens (tertiary/aromatic N) is 5. The van der Waals surface area contributed by atoms with E-state index in [1.54, 1.807) is 13.0 Å². The average Bonchev–Trinajstić information content (AvgIpc) is 3.26. The van der Waals surface area contributed by atoms with Crippen molar-refractivity contribution in [2.45, 2.75) is 45.1 Å². The summed E-state index contributed by atoms with van der Waals surface area (Å²) in [6, 6.07) is 14.3. The van der Waals surface area contributed by atoms with Gasteiger partial charge in [0.2, 0.25) is 5.95 Å². The predicted molar refractivity (Wildman–Crippen MR) is 131 cm³/mol. The van der Waals surface area contributed by atoms with Crippen LogP contribution in [-0.4, -0.2) is 50.5 Å². The molecule has 0 radical (unpaired) electrons. The molecule has 5 rings (SSSR count). The van der Waals surface area contributed by atoms with Gasteiger partial charge < -0.3 is 10.1 Å². The summed E-state index contributed by atoms with van der Waals surface area (Å²) in [5, 5.41) is 16.3. The summed E-state index contributed by atoms with van der Waals surface area (Å²) in [6.45, 7) is 0.978. The zero-order valence-electron chi connectivity index (χ0n) is 20.4. The number of fused-ring (bicyclic) bond motifs is 1. The van der Waals surface area contributed by atoms with E-state index in [-0.39, 0.29) is 17.3 Å². The van der Waals surface area contributed by atoms with Crippen LogP contribution in [0.4, 0.5) is 27.9 Å². The van der Waals surface area contributed by atoms with Gasteiger partial charge in [-0.3, -0.25) is 4.90 Å². The maximum Gasteiger partial charge on any atom is 0.416 e. The Labute approximate surface area is 215 Å². The number of anilines is 1. The van der Waals surface area contributed by atoms with E-state index in [0.717, 1.165) is 44.6 Å². The molecule has 1 fully saturated rings. The number of halogens is 5. The molecule has 1 aliphatic heterocycles. The molecule has 4 aromatic rings. The minimum absolute atomic E-state index is 0.0473. The summed E-state index contributed by atoms with van der Waals surface area (Å²) in [7, 11) is 0. The van der Waals surface area contributed by atoms with Crippen LogP contribution >= 0.6 is 0 Å². The molecule has 0 saturated carbocycles. The number of ether oxygens (including phenoxy) is 1. The summed E-state index contributed by atoms with van der Waals surface area (Å²) in [5.74, 6) is -0.291. The number of rotatable bonds is 7. The van der Waals surface area contributed by atoms with Gasteiger partial charge in [-0.2, -0.15) is 31.6 Å².